The zero-order valence-corrected chi connectivity index (χ0v) is 12.7. The highest BCUT2D eigenvalue weighted by molar-refractivity contribution is 6.22. The summed E-state index contributed by atoms with van der Waals surface area (Å²) in [7, 11) is 0. The van der Waals surface area contributed by atoms with Gasteiger partial charge in [-0.3, -0.25) is 9.59 Å². The second-order valence-corrected chi connectivity index (χ2v) is 6.20. The average molecular weight is 306 g/mol. The lowest BCUT2D eigenvalue weighted by Gasteiger charge is -2.18. The summed E-state index contributed by atoms with van der Waals surface area (Å²) in [5.74, 6) is -0.272. The summed E-state index contributed by atoms with van der Waals surface area (Å²) in [6.07, 6.45) is 2.07. The highest BCUT2D eigenvalue weighted by Gasteiger charge is 2.40. The topological polar surface area (TPSA) is 49.4 Å². The maximum absolute atomic E-state index is 12.6. The lowest BCUT2D eigenvalue weighted by molar-refractivity contribution is -0.121. The molecule has 1 aliphatic carbocycles. The molecule has 1 saturated heterocycles. The molecule has 1 N–H and O–H groups in total. The molecule has 0 bridgehead atoms. The second kappa shape index (κ2) is 5.63. The molecule has 2 amide bonds. The number of nitrogens with one attached hydrogen (secondary N) is 1. The first kappa shape index (κ1) is 14.2. The van der Waals surface area contributed by atoms with Crippen molar-refractivity contribution in [1.82, 2.24) is 5.32 Å². The Morgan fingerprint density at radius 2 is 1.43 bits per heavy atom. The summed E-state index contributed by atoms with van der Waals surface area (Å²) in [5.41, 5.74) is 3.32. The molecule has 4 heteroatoms. The molecular formula is C19H18N2O2. The van der Waals surface area contributed by atoms with Crippen LogP contribution < -0.4 is 10.2 Å². The number of amides is 2. The number of benzene rings is 2. The summed E-state index contributed by atoms with van der Waals surface area (Å²) in [5, 5.41) is 3.39. The van der Waals surface area contributed by atoms with Crippen molar-refractivity contribution in [3.63, 3.8) is 0 Å². The van der Waals surface area contributed by atoms with Gasteiger partial charge in [0.1, 0.15) is 0 Å². The smallest absolute Gasteiger partial charge is 0.251 e. The van der Waals surface area contributed by atoms with Crippen molar-refractivity contribution >= 4 is 17.5 Å². The first-order valence-corrected chi connectivity index (χ1v) is 7.97. The molecule has 1 aliphatic heterocycles. The predicted molar refractivity (Wildman–Crippen MR) is 88.1 cm³/mol. The molecule has 2 aromatic rings. The van der Waals surface area contributed by atoms with Crippen molar-refractivity contribution in [2.75, 3.05) is 4.90 Å². The Morgan fingerprint density at radius 3 is 2.09 bits per heavy atom. The molecule has 2 aromatic carbocycles. The van der Waals surface area contributed by atoms with Crippen LogP contribution in [-0.2, 0) is 22.4 Å². The van der Waals surface area contributed by atoms with Crippen LogP contribution in [0.1, 0.15) is 17.5 Å². The van der Waals surface area contributed by atoms with Crippen LogP contribution in [0.3, 0.4) is 0 Å². The van der Waals surface area contributed by atoms with Gasteiger partial charge >= 0.3 is 0 Å². The van der Waals surface area contributed by atoms with Crippen LogP contribution in [-0.4, -0.2) is 23.9 Å². The zero-order valence-electron chi connectivity index (χ0n) is 12.7. The highest BCUT2D eigenvalue weighted by atomic mass is 16.2. The van der Waals surface area contributed by atoms with Crippen LogP contribution in [0.2, 0.25) is 0 Å². The van der Waals surface area contributed by atoms with E-state index >= 15 is 0 Å². The Kier molecular flexibility index (Phi) is 3.46. The summed E-state index contributed by atoms with van der Waals surface area (Å²) in [4.78, 5) is 26.2. The van der Waals surface area contributed by atoms with E-state index in [9.17, 15) is 9.59 Å². The summed E-state index contributed by atoms with van der Waals surface area (Å²) < 4.78 is 0. The van der Waals surface area contributed by atoms with E-state index in [1.54, 1.807) is 12.1 Å². The number of para-hydroxylation sites is 1. The zero-order chi connectivity index (χ0) is 15.8. The Hall–Kier alpha value is -2.46. The lowest BCUT2D eigenvalue weighted by Crippen LogP contribution is -2.44. The second-order valence-electron chi connectivity index (χ2n) is 6.20. The number of hydrogen-bond donors (Lipinski definition) is 1. The van der Waals surface area contributed by atoms with Crippen LogP contribution >= 0.6 is 0 Å². The van der Waals surface area contributed by atoms with Gasteiger partial charge in [0, 0.05) is 6.04 Å². The van der Waals surface area contributed by atoms with Gasteiger partial charge < -0.3 is 5.32 Å². The maximum atomic E-state index is 12.6. The molecule has 23 heavy (non-hydrogen) atoms. The van der Waals surface area contributed by atoms with Gasteiger partial charge in [0.05, 0.1) is 18.2 Å². The molecule has 2 aliphatic rings. The summed E-state index contributed by atoms with van der Waals surface area (Å²) >= 11 is 0. The number of carbonyl (C=O) groups is 2. The van der Waals surface area contributed by atoms with Gasteiger partial charge in [0.2, 0.25) is 5.91 Å². The highest BCUT2D eigenvalue weighted by Crippen LogP contribution is 2.26. The first-order valence-electron chi connectivity index (χ1n) is 7.97. The molecule has 4 rings (SSSR count). The number of nitrogens with zero attached hydrogens (tertiary/aromatic N) is 1. The quantitative estimate of drug-likeness (QED) is 0.883. The fraction of sp³-hybridized carbons (Fsp3) is 0.263. The van der Waals surface area contributed by atoms with E-state index in [1.165, 1.54) is 16.0 Å². The van der Waals surface area contributed by atoms with Crippen LogP contribution in [0.4, 0.5) is 5.69 Å². The Bertz CT molecular complexity index is 732. The minimum absolute atomic E-state index is 0.130. The Balaban J connectivity index is 1.48. The molecule has 116 valence electrons. The van der Waals surface area contributed by atoms with Crippen LogP contribution in [0.15, 0.2) is 54.6 Å². The van der Waals surface area contributed by atoms with E-state index in [0.29, 0.717) is 5.69 Å². The molecule has 1 heterocycles. The molecule has 4 nitrogen and oxygen atoms in total. The number of anilines is 1. The standard InChI is InChI=1S/C19H18N2O2/c22-18-12-17(19(23)21(18)16-8-2-1-3-9-16)20-15-10-13-6-4-5-7-14(13)11-15/h1-9,15,17,20H,10-12H2/t17-/m1/s1. The van der Waals surface area contributed by atoms with Gasteiger partial charge in [-0.25, -0.2) is 4.90 Å². The lowest BCUT2D eigenvalue weighted by atomic mass is 10.1. The summed E-state index contributed by atoms with van der Waals surface area (Å²) in [6.45, 7) is 0. The first-order chi connectivity index (χ1) is 11.2. The largest absolute Gasteiger partial charge is 0.302 e. The molecule has 0 unspecified atom stereocenters. The Morgan fingerprint density at radius 1 is 0.826 bits per heavy atom. The van der Waals surface area contributed by atoms with Gasteiger partial charge in [-0.2, -0.15) is 0 Å². The van der Waals surface area contributed by atoms with E-state index in [-0.39, 0.29) is 24.3 Å². The SMILES string of the molecule is O=C1C[C@@H](NC2Cc3ccccc3C2)C(=O)N1c1ccccc1. The van der Waals surface area contributed by atoms with Gasteiger partial charge in [-0.1, -0.05) is 42.5 Å². The molecule has 1 fully saturated rings. The van der Waals surface area contributed by atoms with Gasteiger partial charge in [0.15, 0.2) is 0 Å². The van der Waals surface area contributed by atoms with Crippen molar-refractivity contribution < 1.29 is 9.59 Å². The monoisotopic (exact) mass is 306 g/mol. The van der Waals surface area contributed by atoms with Crippen molar-refractivity contribution in [3.8, 4) is 0 Å². The minimum Gasteiger partial charge on any atom is -0.302 e. The minimum atomic E-state index is -0.415. The normalized spacial score (nSPS) is 21.0. The fourth-order valence-corrected chi connectivity index (χ4v) is 3.57. The van der Waals surface area contributed by atoms with Gasteiger partial charge in [-0.15, -0.1) is 0 Å². The predicted octanol–water partition coefficient (Wildman–Crippen LogP) is 2.08. The van der Waals surface area contributed by atoms with E-state index in [1.807, 2.05) is 30.3 Å². The number of imide groups is 1. The van der Waals surface area contributed by atoms with Crippen molar-refractivity contribution in [2.24, 2.45) is 0 Å². The van der Waals surface area contributed by atoms with Crippen molar-refractivity contribution in [1.29, 1.82) is 0 Å². The van der Waals surface area contributed by atoms with Crippen LogP contribution in [0.25, 0.3) is 0 Å². The number of hydrogen-bond acceptors (Lipinski definition) is 3. The van der Waals surface area contributed by atoms with E-state index in [4.69, 9.17) is 0 Å². The van der Waals surface area contributed by atoms with E-state index < -0.39 is 6.04 Å². The number of rotatable bonds is 3. The maximum Gasteiger partial charge on any atom is 0.251 e. The number of fused-ring (bicyclic) bond motifs is 1. The Labute approximate surface area is 135 Å². The third kappa shape index (κ3) is 2.55. The van der Waals surface area contributed by atoms with Gasteiger partial charge in [-0.05, 0) is 36.1 Å². The van der Waals surface area contributed by atoms with Crippen LogP contribution in [0.5, 0.6) is 0 Å². The van der Waals surface area contributed by atoms with E-state index in [0.717, 1.165) is 12.8 Å². The summed E-state index contributed by atoms with van der Waals surface area (Å²) in [6, 6.07) is 17.3. The van der Waals surface area contributed by atoms with E-state index in [2.05, 4.69) is 17.4 Å². The number of carbonyl (C=O) groups excluding carboxylic acids is 2. The molecule has 0 spiro atoms. The molecular weight excluding hydrogens is 288 g/mol. The van der Waals surface area contributed by atoms with Crippen molar-refractivity contribution in [3.05, 3.63) is 65.7 Å². The average Bonchev–Trinajstić information content (AvgIpc) is 3.09. The third-order valence-corrected chi connectivity index (χ3v) is 4.65. The molecule has 0 saturated carbocycles. The van der Waals surface area contributed by atoms with Crippen LogP contribution in [0, 0.1) is 0 Å². The third-order valence-electron chi connectivity index (χ3n) is 4.65. The molecule has 0 aromatic heterocycles. The fourth-order valence-electron chi connectivity index (χ4n) is 3.57. The molecule has 1 atom stereocenters. The van der Waals surface area contributed by atoms with Crippen molar-refractivity contribution in [2.45, 2.75) is 31.3 Å². The van der Waals surface area contributed by atoms with Gasteiger partial charge in [0.25, 0.3) is 5.91 Å². The molecule has 0 radical (unpaired) electrons.